The summed E-state index contributed by atoms with van der Waals surface area (Å²) in [5, 5.41) is 9.67. The number of hydrogen-bond donors (Lipinski definition) is 1. The number of benzene rings is 1. The Morgan fingerprint density at radius 2 is 1.78 bits per heavy atom. The average molecular weight is 290 g/mol. The number of amides is 1. The largest absolute Gasteiger partial charge is 0.480 e. The fraction of sp³-hybridized carbons (Fsp3) is 0.333. The number of carboxylic acid groups (broad SMARTS) is 1. The van der Waals surface area contributed by atoms with Gasteiger partial charge in [0.15, 0.2) is 0 Å². The highest BCUT2D eigenvalue weighted by atomic mass is 35.5. The minimum atomic E-state index is -1.04. The van der Waals surface area contributed by atoms with Crippen molar-refractivity contribution in [3.8, 4) is 0 Å². The van der Waals surface area contributed by atoms with Gasteiger partial charge in [0.05, 0.1) is 0 Å². The van der Waals surface area contributed by atoms with Crippen molar-refractivity contribution in [2.24, 2.45) is 0 Å². The first-order valence-electron chi connectivity index (χ1n) is 5.32. The monoisotopic (exact) mass is 289 g/mol. The molecule has 1 N–H and O–H groups in total. The van der Waals surface area contributed by atoms with Crippen LogP contribution in [0.3, 0.4) is 0 Å². The zero-order valence-electron chi connectivity index (χ0n) is 9.98. The van der Waals surface area contributed by atoms with E-state index in [1.807, 2.05) is 0 Å². The van der Waals surface area contributed by atoms with Crippen molar-refractivity contribution in [2.45, 2.75) is 19.4 Å². The Morgan fingerprint density at radius 3 is 2.17 bits per heavy atom. The molecule has 0 aliphatic carbocycles. The van der Waals surface area contributed by atoms with E-state index in [1.165, 1.54) is 30.1 Å². The molecule has 18 heavy (non-hydrogen) atoms. The summed E-state index contributed by atoms with van der Waals surface area (Å²) >= 11 is 11.6. The SMILES string of the molecule is CCC(C(=O)O)N(C)C(=O)c1cc(Cl)cc(Cl)c1. The molecule has 0 spiro atoms. The number of rotatable bonds is 4. The summed E-state index contributed by atoms with van der Waals surface area (Å²) < 4.78 is 0. The Balaban J connectivity index is 3.02. The first kappa shape index (κ1) is 14.8. The van der Waals surface area contributed by atoms with Gasteiger partial charge in [-0.3, -0.25) is 4.79 Å². The molecule has 0 aliphatic heterocycles. The van der Waals surface area contributed by atoms with E-state index in [1.54, 1.807) is 6.92 Å². The van der Waals surface area contributed by atoms with E-state index < -0.39 is 17.9 Å². The molecular weight excluding hydrogens is 277 g/mol. The molecular formula is C12H13Cl2NO3. The lowest BCUT2D eigenvalue weighted by atomic mass is 10.1. The van der Waals surface area contributed by atoms with Gasteiger partial charge in [-0.2, -0.15) is 0 Å². The molecule has 0 aliphatic rings. The van der Waals surface area contributed by atoms with Crippen LogP contribution in [-0.2, 0) is 4.79 Å². The molecule has 1 aromatic rings. The fourth-order valence-electron chi connectivity index (χ4n) is 1.64. The van der Waals surface area contributed by atoms with Gasteiger partial charge in [-0.05, 0) is 24.6 Å². The first-order chi connectivity index (χ1) is 8.36. The van der Waals surface area contributed by atoms with Gasteiger partial charge in [-0.1, -0.05) is 30.1 Å². The molecule has 0 fully saturated rings. The van der Waals surface area contributed by atoms with Crippen LogP contribution in [0.1, 0.15) is 23.7 Å². The van der Waals surface area contributed by atoms with Crippen molar-refractivity contribution >= 4 is 35.1 Å². The van der Waals surface area contributed by atoms with Gasteiger partial charge in [0.25, 0.3) is 5.91 Å². The maximum atomic E-state index is 12.1. The maximum Gasteiger partial charge on any atom is 0.326 e. The Labute approximate surface area is 115 Å². The summed E-state index contributed by atoms with van der Waals surface area (Å²) in [6, 6.07) is 3.56. The minimum absolute atomic E-state index is 0.273. The van der Waals surface area contributed by atoms with Crippen LogP contribution in [0.4, 0.5) is 0 Å². The number of halogens is 2. The molecule has 1 amide bonds. The van der Waals surface area contributed by atoms with Gasteiger partial charge < -0.3 is 10.0 Å². The fourth-order valence-corrected chi connectivity index (χ4v) is 2.16. The maximum absolute atomic E-state index is 12.1. The highest BCUT2D eigenvalue weighted by Gasteiger charge is 2.25. The zero-order chi connectivity index (χ0) is 13.9. The van der Waals surface area contributed by atoms with E-state index in [9.17, 15) is 9.59 Å². The molecule has 0 radical (unpaired) electrons. The molecule has 98 valence electrons. The topological polar surface area (TPSA) is 57.6 Å². The molecule has 0 saturated heterocycles. The molecule has 4 nitrogen and oxygen atoms in total. The highest BCUT2D eigenvalue weighted by molar-refractivity contribution is 6.35. The zero-order valence-corrected chi connectivity index (χ0v) is 11.5. The van der Waals surface area contributed by atoms with Crippen molar-refractivity contribution in [1.82, 2.24) is 4.90 Å². The molecule has 0 aromatic heterocycles. The van der Waals surface area contributed by atoms with Crippen molar-refractivity contribution in [2.75, 3.05) is 7.05 Å². The standard InChI is InChI=1S/C12H13Cl2NO3/c1-3-10(12(17)18)15(2)11(16)7-4-8(13)6-9(14)5-7/h4-6,10H,3H2,1-2H3,(H,17,18). The lowest BCUT2D eigenvalue weighted by molar-refractivity contribution is -0.142. The lowest BCUT2D eigenvalue weighted by Gasteiger charge is -2.23. The molecule has 0 saturated carbocycles. The summed E-state index contributed by atoms with van der Waals surface area (Å²) in [5.41, 5.74) is 0.273. The number of carbonyl (C=O) groups excluding carboxylic acids is 1. The number of likely N-dealkylation sites (N-methyl/N-ethyl adjacent to an activating group) is 1. The van der Waals surface area contributed by atoms with E-state index in [0.717, 1.165) is 0 Å². The Hall–Kier alpha value is -1.26. The van der Waals surface area contributed by atoms with Gasteiger partial charge in [-0.25, -0.2) is 4.79 Å². The molecule has 1 aromatic carbocycles. The van der Waals surface area contributed by atoms with Crippen LogP contribution in [-0.4, -0.2) is 35.0 Å². The predicted octanol–water partition coefficient (Wildman–Crippen LogP) is 2.93. The van der Waals surface area contributed by atoms with E-state index >= 15 is 0 Å². The van der Waals surface area contributed by atoms with Crippen molar-refractivity contribution in [1.29, 1.82) is 0 Å². The molecule has 1 rings (SSSR count). The lowest BCUT2D eigenvalue weighted by Crippen LogP contribution is -2.41. The number of aliphatic carboxylic acids is 1. The second kappa shape index (κ2) is 6.07. The average Bonchev–Trinajstić information content (AvgIpc) is 2.26. The summed E-state index contributed by atoms with van der Waals surface area (Å²) in [6.45, 7) is 1.70. The summed E-state index contributed by atoms with van der Waals surface area (Å²) in [5.74, 6) is -1.46. The smallest absolute Gasteiger partial charge is 0.326 e. The molecule has 6 heteroatoms. The predicted molar refractivity (Wildman–Crippen MR) is 70.3 cm³/mol. The van der Waals surface area contributed by atoms with Crippen LogP contribution in [0.25, 0.3) is 0 Å². The van der Waals surface area contributed by atoms with Crippen molar-refractivity contribution < 1.29 is 14.7 Å². The third kappa shape index (κ3) is 3.37. The highest BCUT2D eigenvalue weighted by Crippen LogP contribution is 2.20. The quantitative estimate of drug-likeness (QED) is 0.927. The van der Waals surface area contributed by atoms with Gasteiger partial charge in [0.2, 0.25) is 0 Å². The third-order valence-electron chi connectivity index (χ3n) is 2.57. The second-order valence-corrected chi connectivity index (χ2v) is 4.71. The third-order valence-corrected chi connectivity index (χ3v) is 3.01. The van der Waals surface area contributed by atoms with Gasteiger partial charge in [0, 0.05) is 22.7 Å². The summed E-state index contributed by atoms with van der Waals surface area (Å²) in [7, 11) is 1.44. The van der Waals surface area contributed by atoms with E-state index in [2.05, 4.69) is 0 Å². The molecule has 1 unspecified atom stereocenters. The second-order valence-electron chi connectivity index (χ2n) is 3.84. The van der Waals surface area contributed by atoms with E-state index in [4.69, 9.17) is 28.3 Å². The van der Waals surface area contributed by atoms with Crippen LogP contribution < -0.4 is 0 Å². The molecule has 0 heterocycles. The number of hydrogen-bond acceptors (Lipinski definition) is 2. The molecule has 1 atom stereocenters. The summed E-state index contributed by atoms with van der Waals surface area (Å²) in [4.78, 5) is 24.3. The van der Waals surface area contributed by atoms with E-state index in [-0.39, 0.29) is 5.56 Å². The first-order valence-corrected chi connectivity index (χ1v) is 6.08. The normalized spacial score (nSPS) is 12.0. The van der Waals surface area contributed by atoms with Crippen LogP contribution in [0.5, 0.6) is 0 Å². The molecule has 0 bridgehead atoms. The van der Waals surface area contributed by atoms with Crippen LogP contribution in [0.2, 0.25) is 10.0 Å². The van der Waals surface area contributed by atoms with Gasteiger partial charge >= 0.3 is 5.97 Å². The minimum Gasteiger partial charge on any atom is -0.480 e. The van der Waals surface area contributed by atoms with E-state index in [0.29, 0.717) is 16.5 Å². The number of carbonyl (C=O) groups is 2. The Morgan fingerprint density at radius 1 is 1.28 bits per heavy atom. The van der Waals surface area contributed by atoms with Crippen molar-refractivity contribution in [3.63, 3.8) is 0 Å². The summed E-state index contributed by atoms with van der Waals surface area (Å²) in [6.07, 6.45) is 0.325. The Bertz CT molecular complexity index is 456. The van der Waals surface area contributed by atoms with Crippen LogP contribution in [0.15, 0.2) is 18.2 Å². The van der Waals surface area contributed by atoms with Crippen LogP contribution in [0, 0.1) is 0 Å². The Kier molecular flexibility index (Phi) is 4.99. The number of nitrogens with zero attached hydrogens (tertiary/aromatic N) is 1. The number of carboxylic acids is 1. The van der Waals surface area contributed by atoms with Gasteiger partial charge in [0.1, 0.15) is 6.04 Å². The van der Waals surface area contributed by atoms with Crippen LogP contribution >= 0.6 is 23.2 Å². The van der Waals surface area contributed by atoms with Crippen molar-refractivity contribution in [3.05, 3.63) is 33.8 Å². The van der Waals surface area contributed by atoms with Gasteiger partial charge in [-0.15, -0.1) is 0 Å².